The summed E-state index contributed by atoms with van der Waals surface area (Å²) in [6.45, 7) is 8.66. The van der Waals surface area contributed by atoms with Crippen LogP contribution >= 0.6 is 0 Å². The van der Waals surface area contributed by atoms with Crippen LogP contribution in [0.15, 0.2) is 38.0 Å². The molecule has 2 aromatic heterocycles. The molecule has 0 aliphatic rings. The summed E-state index contributed by atoms with van der Waals surface area (Å²) < 4.78 is 1.83. The zero-order chi connectivity index (χ0) is 14.5. The Hall–Kier alpha value is -2.70. The second-order valence-corrected chi connectivity index (χ2v) is 4.15. The molecule has 2 N–H and O–H groups in total. The minimum Gasteiger partial charge on any atom is -0.382 e. The van der Waals surface area contributed by atoms with Gasteiger partial charge in [-0.05, 0) is 6.08 Å². The first kappa shape index (κ1) is 13.7. The van der Waals surface area contributed by atoms with Gasteiger partial charge < -0.3 is 15.2 Å². The van der Waals surface area contributed by atoms with Gasteiger partial charge in [-0.3, -0.25) is 4.79 Å². The van der Waals surface area contributed by atoms with Gasteiger partial charge in [0.15, 0.2) is 11.5 Å². The number of hydrogen-bond acceptors (Lipinski definition) is 5. The number of aromatic nitrogens is 4. The number of carbonyl (C=O) groups excluding carboxylic acids is 1. The fourth-order valence-corrected chi connectivity index (χ4v) is 1.87. The van der Waals surface area contributed by atoms with E-state index in [1.54, 1.807) is 17.3 Å². The van der Waals surface area contributed by atoms with E-state index >= 15 is 0 Å². The molecule has 7 nitrogen and oxygen atoms in total. The van der Waals surface area contributed by atoms with Crippen molar-refractivity contribution in [2.24, 2.45) is 0 Å². The van der Waals surface area contributed by atoms with Crippen LogP contribution in [0.4, 0.5) is 5.82 Å². The summed E-state index contributed by atoms with van der Waals surface area (Å²) in [4.78, 5) is 25.5. The number of nitrogen functional groups attached to an aromatic ring is 1. The van der Waals surface area contributed by atoms with Gasteiger partial charge in [-0.2, -0.15) is 0 Å². The normalized spacial score (nSPS) is 10.4. The number of amides is 1. The summed E-state index contributed by atoms with van der Waals surface area (Å²) in [6.07, 6.45) is 6.00. The van der Waals surface area contributed by atoms with E-state index in [0.29, 0.717) is 36.6 Å². The third kappa shape index (κ3) is 2.66. The maximum Gasteiger partial charge on any atom is 0.246 e. The van der Waals surface area contributed by atoms with Crippen LogP contribution in [0.1, 0.15) is 0 Å². The summed E-state index contributed by atoms with van der Waals surface area (Å²) in [5.41, 5.74) is 6.95. The van der Waals surface area contributed by atoms with Crippen molar-refractivity contribution in [3.8, 4) is 0 Å². The highest BCUT2D eigenvalue weighted by atomic mass is 16.2. The molecule has 1 amide bonds. The van der Waals surface area contributed by atoms with Gasteiger partial charge in [0, 0.05) is 19.6 Å². The average molecular weight is 272 g/mol. The maximum atomic E-state index is 11.7. The van der Waals surface area contributed by atoms with Crippen molar-refractivity contribution >= 4 is 22.9 Å². The van der Waals surface area contributed by atoms with Crippen molar-refractivity contribution in [2.45, 2.75) is 6.54 Å². The van der Waals surface area contributed by atoms with Crippen LogP contribution in [0, 0.1) is 0 Å². The van der Waals surface area contributed by atoms with Gasteiger partial charge in [0.25, 0.3) is 0 Å². The fraction of sp³-hybridized carbons (Fsp3) is 0.231. The van der Waals surface area contributed by atoms with E-state index in [2.05, 4.69) is 28.1 Å². The maximum absolute atomic E-state index is 11.7. The van der Waals surface area contributed by atoms with Crippen molar-refractivity contribution in [1.29, 1.82) is 0 Å². The summed E-state index contributed by atoms with van der Waals surface area (Å²) in [6, 6.07) is 0. The van der Waals surface area contributed by atoms with Gasteiger partial charge >= 0.3 is 0 Å². The molecular weight excluding hydrogens is 256 g/mol. The molecule has 0 aromatic carbocycles. The zero-order valence-electron chi connectivity index (χ0n) is 11.1. The SMILES string of the molecule is C=CCN(CCn1cnc2c(N)ncnc21)C(=O)C=C. The van der Waals surface area contributed by atoms with Crippen LogP contribution < -0.4 is 5.73 Å². The molecule has 0 fully saturated rings. The van der Waals surface area contributed by atoms with Crippen molar-refractivity contribution in [2.75, 3.05) is 18.8 Å². The van der Waals surface area contributed by atoms with Gasteiger partial charge in [-0.25, -0.2) is 15.0 Å². The minimum atomic E-state index is -0.136. The van der Waals surface area contributed by atoms with Gasteiger partial charge in [-0.15, -0.1) is 6.58 Å². The zero-order valence-corrected chi connectivity index (χ0v) is 11.1. The standard InChI is InChI=1S/C13H16N6O/c1-3-5-18(10(20)4-2)6-7-19-9-17-11-12(14)15-8-16-13(11)19/h3-4,8-9H,1-2,5-7H2,(H2,14,15,16). The van der Waals surface area contributed by atoms with Gasteiger partial charge in [0.05, 0.1) is 6.33 Å². The highest BCUT2D eigenvalue weighted by molar-refractivity contribution is 5.87. The summed E-state index contributed by atoms with van der Waals surface area (Å²) in [5.74, 6) is 0.210. The first-order valence-electron chi connectivity index (χ1n) is 6.11. The van der Waals surface area contributed by atoms with E-state index in [1.807, 2.05) is 4.57 Å². The molecule has 2 heterocycles. The van der Waals surface area contributed by atoms with Crippen LogP contribution in [-0.4, -0.2) is 43.4 Å². The molecule has 104 valence electrons. The predicted molar refractivity (Wildman–Crippen MR) is 76.7 cm³/mol. The molecule has 0 atom stereocenters. The number of imidazole rings is 1. The van der Waals surface area contributed by atoms with Crippen molar-refractivity contribution < 1.29 is 4.79 Å². The second-order valence-electron chi connectivity index (χ2n) is 4.15. The Morgan fingerprint density at radius 2 is 2.20 bits per heavy atom. The van der Waals surface area contributed by atoms with Crippen LogP contribution in [0.5, 0.6) is 0 Å². The molecule has 20 heavy (non-hydrogen) atoms. The van der Waals surface area contributed by atoms with E-state index in [0.717, 1.165) is 0 Å². The molecule has 0 saturated carbocycles. The molecule has 0 bridgehead atoms. The Morgan fingerprint density at radius 3 is 2.90 bits per heavy atom. The number of nitrogens with zero attached hydrogens (tertiary/aromatic N) is 5. The minimum absolute atomic E-state index is 0.136. The molecule has 0 spiro atoms. The van der Waals surface area contributed by atoms with Gasteiger partial charge in [0.2, 0.25) is 5.91 Å². The third-order valence-electron chi connectivity index (χ3n) is 2.88. The smallest absolute Gasteiger partial charge is 0.246 e. The largest absolute Gasteiger partial charge is 0.382 e. The lowest BCUT2D eigenvalue weighted by atomic mass is 10.4. The highest BCUT2D eigenvalue weighted by Crippen LogP contribution is 2.13. The van der Waals surface area contributed by atoms with Gasteiger partial charge in [-0.1, -0.05) is 12.7 Å². The average Bonchev–Trinajstić information content (AvgIpc) is 2.87. The summed E-state index contributed by atoms with van der Waals surface area (Å²) in [5, 5.41) is 0. The number of hydrogen-bond donors (Lipinski definition) is 1. The molecular formula is C13H16N6O. The lowest BCUT2D eigenvalue weighted by Gasteiger charge is -2.19. The molecule has 0 aliphatic carbocycles. The van der Waals surface area contributed by atoms with E-state index in [1.165, 1.54) is 12.4 Å². The van der Waals surface area contributed by atoms with Crippen molar-refractivity contribution in [3.05, 3.63) is 38.0 Å². The summed E-state index contributed by atoms with van der Waals surface area (Å²) >= 11 is 0. The summed E-state index contributed by atoms with van der Waals surface area (Å²) in [7, 11) is 0. The van der Waals surface area contributed by atoms with E-state index < -0.39 is 0 Å². The number of anilines is 1. The number of carbonyl (C=O) groups is 1. The first-order chi connectivity index (χ1) is 9.67. The van der Waals surface area contributed by atoms with E-state index in [4.69, 9.17) is 5.73 Å². The number of rotatable bonds is 6. The Bertz CT molecular complexity index is 647. The van der Waals surface area contributed by atoms with Crippen LogP contribution in [-0.2, 0) is 11.3 Å². The Kier molecular flexibility index (Phi) is 4.09. The lowest BCUT2D eigenvalue weighted by molar-refractivity contribution is -0.125. The number of fused-ring (bicyclic) bond motifs is 1. The predicted octanol–water partition coefficient (Wildman–Crippen LogP) is 0.609. The Labute approximate surface area is 116 Å². The second kappa shape index (κ2) is 5.96. The van der Waals surface area contributed by atoms with Gasteiger partial charge in [0.1, 0.15) is 11.8 Å². The Morgan fingerprint density at radius 1 is 1.40 bits per heavy atom. The monoisotopic (exact) mass is 272 g/mol. The van der Waals surface area contributed by atoms with E-state index in [-0.39, 0.29) is 5.91 Å². The molecule has 2 rings (SSSR count). The molecule has 0 radical (unpaired) electrons. The lowest BCUT2D eigenvalue weighted by Crippen LogP contribution is -2.32. The quantitative estimate of drug-likeness (QED) is 0.614. The molecule has 0 saturated heterocycles. The van der Waals surface area contributed by atoms with Crippen LogP contribution in [0.3, 0.4) is 0 Å². The van der Waals surface area contributed by atoms with Crippen molar-refractivity contribution in [1.82, 2.24) is 24.4 Å². The number of nitrogens with two attached hydrogens (primary N) is 1. The molecule has 0 aliphatic heterocycles. The topological polar surface area (TPSA) is 89.9 Å². The molecule has 0 unspecified atom stereocenters. The fourth-order valence-electron chi connectivity index (χ4n) is 1.87. The molecule has 7 heteroatoms. The Balaban J connectivity index is 2.15. The van der Waals surface area contributed by atoms with Crippen LogP contribution in [0.2, 0.25) is 0 Å². The van der Waals surface area contributed by atoms with Crippen molar-refractivity contribution in [3.63, 3.8) is 0 Å². The van der Waals surface area contributed by atoms with Crippen LogP contribution in [0.25, 0.3) is 11.2 Å². The third-order valence-corrected chi connectivity index (χ3v) is 2.88. The first-order valence-corrected chi connectivity index (χ1v) is 6.11. The molecule has 2 aromatic rings. The highest BCUT2D eigenvalue weighted by Gasteiger charge is 2.11. The van der Waals surface area contributed by atoms with E-state index in [9.17, 15) is 4.79 Å².